The minimum absolute atomic E-state index is 0.0194. The van der Waals surface area contributed by atoms with Crippen LogP contribution in [-0.4, -0.2) is 70.2 Å². The predicted molar refractivity (Wildman–Crippen MR) is 136 cm³/mol. The van der Waals surface area contributed by atoms with Crippen LogP contribution in [0.1, 0.15) is 35.8 Å². The lowest BCUT2D eigenvalue weighted by molar-refractivity contribution is -0.122. The fraction of sp³-hybridized carbons (Fsp3) is 0.400. The number of amides is 1. The number of methoxy groups -OCH3 is 1. The number of piperidine rings is 1. The van der Waals surface area contributed by atoms with E-state index in [-0.39, 0.29) is 40.3 Å². The highest BCUT2D eigenvalue weighted by atomic mass is 35.5. The molecule has 3 aromatic rings. The first-order valence-electron chi connectivity index (χ1n) is 11.8. The molecule has 194 valence electrons. The molecule has 9 nitrogen and oxygen atoms in total. The molecule has 0 radical (unpaired) electrons. The molecule has 2 aliphatic rings. The molecular weight excluding hydrogens is 521 g/mol. The Bertz CT molecular complexity index is 1310. The van der Waals surface area contributed by atoms with E-state index < -0.39 is 11.8 Å². The number of hydrogen-bond acceptors (Lipinski definition) is 9. The lowest BCUT2D eigenvalue weighted by Crippen LogP contribution is -2.60. The molecule has 5 rings (SSSR count). The quantitative estimate of drug-likeness (QED) is 0.467. The van der Waals surface area contributed by atoms with Crippen LogP contribution in [0.4, 0.5) is 4.39 Å². The monoisotopic (exact) mass is 545 g/mol. The number of benzene rings is 1. The number of ether oxygens (including phenoxy) is 2. The SMILES string of the molecule is COC(=O)c1c(CN2C3COC[C@H]2CC(NC(C)=O)C3)nc(-c2nccs2)nc1-c1ccc(F)cc1Cl. The normalized spacial score (nSPS) is 21.5. The molecule has 1 N–H and O–H groups in total. The van der Waals surface area contributed by atoms with Crippen LogP contribution in [0.3, 0.4) is 0 Å². The van der Waals surface area contributed by atoms with Crippen LogP contribution in [0, 0.1) is 5.82 Å². The number of morpholine rings is 1. The molecule has 1 amide bonds. The molecule has 4 heterocycles. The van der Waals surface area contributed by atoms with Crippen molar-refractivity contribution >= 4 is 34.8 Å². The van der Waals surface area contributed by atoms with Crippen LogP contribution in [0.15, 0.2) is 29.8 Å². The summed E-state index contributed by atoms with van der Waals surface area (Å²) in [5.41, 5.74) is 1.26. The average molecular weight is 546 g/mol. The number of rotatable bonds is 6. The number of fused-ring (bicyclic) bond motifs is 2. The predicted octanol–water partition coefficient (Wildman–Crippen LogP) is 3.71. The van der Waals surface area contributed by atoms with Crippen LogP contribution >= 0.6 is 22.9 Å². The van der Waals surface area contributed by atoms with Crippen LogP contribution in [0.5, 0.6) is 0 Å². The maximum Gasteiger partial charge on any atom is 0.342 e. The number of carbonyl (C=O) groups excluding carboxylic acids is 2. The summed E-state index contributed by atoms with van der Waals surface area (Å²) in [7, 11) is 1.29. The second-order valence-corrected chi connectivity index (χ2v) is 10.4. The molecule has 0 saturated carbocycles. The summed E-state index contributed by atoms with van der Waals surface area (Å²) in [6, 6.07) is 4.03. The number of nitrogens with one attached hydrogen (secondary N) is 1. The maximum absolute atomic E-state index is 13.9. The van der Waals surface area contributed by atoms with Crippen molar-refractivity contribution in [2.45, 2.75) is 44.4 Å². The van der Waals surface area contributed by atoms with Crippen LogP contribution in [0.25, 0.3) is 22.1 Å². The van der Waals surface area contributed by atoms with Gasteiger partial charge in [0, 0.05) is 48.7 Å². The molecule has 2 saturated heterocycles. The molecule has 1 aromatic carbocycles. The third kappa shape index (κ3) is 5.35. The van der Waals surface area contributed by atoms with Crippen molar-refractivity contribution in [2.75, 3.05) is 20.3 Å². The van der Waals surface area contributed by atoms with Crippen molar-refractivity contribution in [3.8, 4) is 22.1 Å². The van der Waals surface area contributed by atoms with Crippen LogP contribution < -0.4 is 5.32 Å². The average Bonchev–Trinajstić information content (AvgIpc) is 3.38. The van der Waals surface area contributed by atoms with E-state index in [1.165, 1.54) is 43.6 Å². The van der Waals surface area contributed by atoms with Gasteiger partial charge in [-0.2, -0.15) is 0 Å². The van der Waals surface area contributed by atoms with Crippen molar-refractivity contribution in [1.29, 1.82) is 0 Å². The van der Waals surface area contributed by atoms with Crippen LogP contribution in [0.2, 0.25) is 5.02 Å². The van der Waals surface area contributed by atoms with Gasteiger partial charge in [-0.1, -0.05) is 11.6 Å². The third-order valence-electron chi connectivity index (χ3n) is 6.59. The van der Waals surface area contributed by atoms with Gasteiger partial charge in [-0.05, 0) is 31.0 Å². The van der Waals surface area contributed by atoms with Crippen molar-refractivity contribution < 1.29 is 23.5 Å². The molecule has 3 atom stereocenters. The molecule has 2 bridgehead atoms. The molecule has 0 aliphatic carbocycles. The Morgan fingerprint density at radius 1 is 1.27 bits per heavy atom. The summed E-state index contributed by atoms with van der Waals surface area (Å²) >= 11 is 7.78. The Kier molecular flexibility index (Phi) is 7.47. The summed E-state index contributed by atoms with van der Waals surface area (Å²) in [5.74, 6) is -0.846. The number of hydrogen-bond donors (Lipinski definition) is 1. The maximum atomic E-state index is 13.9. The van der Waals surface area contributed by atoms with Crippen molar-refractivity contribution in [1.82, 2.24) is 25.2 Å². The summed E-state index contributed by atoms with van der Waals surface area (Å²) < 4.78 is 24.8. The Balaban J connectivity index is 1.61. The summed E-state index contributed by atoms with van der Waals surface area (Å²) in [6.07, 6.45) is 3.08. The van der Waals surface area contributed by atoms with E-state index in [9.17, 15) is 14.0 Å². The molecule has 2 unspecified atom stereocenters. The summed E-state index contributed by atoms with van der Waals surface area (Å²) in [5, 5.41) is 5.53. The van der Waals surface area contributed by atoms with E-state index in [2.05, 4.69) is 20.2 Å². The van der Waals surface area contributed by atoms with Crippen molar-refractivity contribution in [3.63, 3.8) is 0 Å². The van der Waals surface area contributed by atoms with Gasteiger partial charge in [-0.3, -0.25) is 9.69 Å². The van der Waals surface area contributed by atoms with Gasteiger partial charge in [0.2, 0.25) is 5.91 Å². The van der Waals surface area contributed by atoms with E-state index in [1.54, 1.807) is 6.20 Å². The zero-order valence-corrected chi connectivity index (χ0v) is 21.8. The number of nitrogens with zero attached hydrogens (tertiary/aromatic N) is 4. The van der Waals surface area contributed by atoms with Gasteiger partial charge >= 0.3 is 5.97 Å². The summed E-state index contributed by atoms with van der Waals surface area (Å²) in [6.45, 7) is 2.84. The summed E-state index contributed by atoms with van der Waals surface area (Å²) in [4.78, 5) is 40.8. The topological polar surface area (TPSA) is 107 Å². The highest BCUT2D eigenvalue weighted by molar-refractivity contribution is 7.13. The largest absolute Gasteiger partial charge is 0.465 e. The first-order chi connectivity index (χ1) is 17.8. The number of carbonyl (C=O) groups is 2. The molecule has 37 heavy (non-hydrogen) atoms. The Hall–Kier alpha value is -2.99. The Morgan fingerprint density at radius 2 is 2.03 bits per heavy atom. The van der Waals surface area contributed by atoms with Gasteiger partial charge in [0.15, 0.2) is 10.8 Å². The van der Waals surface area contributed by atoms with Gasteiger partial charge < -0.3 is 14.8 Å². The number of esters is 1. The lowest BCUT2D eigenvalue weighted by Gasteiger charge is -2.48. The number of thiazole rings is 1. The molecule has 2 aliphatic heterocycles. The van der Waals surface area contributed by atoms with Gasteiger partial charge in [-0.25, -0.2) is 24.1 Å². The second kappa shape index (κ2) is 10.8. The van der Waals surface area contributed by atoms with Crippen LogP contribution in [-0.2, 0) is 20.8 Å². The minimum atomic E-state index is -0.620. The molecular formula is C25H25ClFN5O4S. The molecule has 12 heteroatoms. The van der Waals surface area contributed by atoms with Gasteiger partial charge in [0.05, 0.1) is 36.7 Å². The van der Waals surface area contributed by atoms with Crippen molar-refractivity contribution in [2.24, 2.45) is 0 Å². The van der Waals surface area contributed by atoms with E-state index in [0.717, 1.165) is 0 Å². The standard InChI is InChI=1S/C25H25ClFN5O4S/c1-13(33)29-15-8-16-11-36-12-17(9-15)32(16)10-20-21(25(34)35-2)22(18-4-3-14(27)7-19(18)26)31-23(30-20)24-28-5-6-37-24/h3-7,15-17H,8-12H2,1-2H3,(H,29,33)/t15?,16-,17?/m1/s1. The Morgan fingerprint density at radius 3 is 2.65 bits per heavy atom. The fourth-order valence-electron chi connectivity index (χ4n) is 5.07. The first kappa shape index (κ1) is 25.7. The smallest absolute Gasteiger partial charge is 0.342 e. The third-order valence-corrected chi connectivity index (χ3v) is 7.68. The first-order valence-corrected chi connectivity index (χ1v) is 13.0. The van der Waals surface area contributed by atoms with E-state index >= 15 is 0 Å². The van der Waals surface area contributed by atoms with E-state index in [0.29, 0.717) is 54.7 Å². The molecule has 2 fully saturated rings. The zero-order valence-electron chi connectivity index (χ0n) is 20.2. The fourth-order valence-corrected chi connectivity index (χ4v) is 5.90. The van der Waals surface area contributed by atoms with E-state index in [4.69, 9.17) is 26.1 Å². The molecule has 2 aromatic heterocycles. The van der Waals surface area contributed by atoms with E-state index in [1.807, 2.05) is 5.38 Å². The highest BCUT2D eigenvalue weighted by Gasteiger charge is 2.40. The van der Waals surface area contributed by atoms with Crippen molar-refractivity contribution in [3.05, 3.63) is 51.9 Å². The van der Waals surface area contributed by atoms with Gasteiger partial charge in [0.1, 0.15) is 11.4 Å². The lowest BCUT2D eigenvalue weighted by atomic mass is 9.89. The minimum Gasteiger partial charge on any atom is -0.465 e. The van der Waals surface area contributed by atoms with Gasteiger partial charge in [-0.15, -0.1) is 11.3 Å². The second-order valence-electron chi connectivity index (χ2n) is 9.06. The number of aromatic nitrogens is 3. The molecule has 0 spiro atoms. The highest BCUT2D eigenvalue weighted by Crippen LogP contribution is 2.36. The Labute approximate surface area is 222 Å². The zero-order chi connectivity index (χ0) is 26.1. The number of halogens is 2. The van der Waals surface area contributed by atoms with Gasteiger partial charge in [0.25, 0.3) is 0 Å².